The molecule has 5 saturated carbocycles. The van der Waals surface area contributed by atoms with Crippen LogP contribution in [0.4, 0.5) is 0 Å². The van der Waals surface area contributed by atoms with Crippen LogP contribution in [0.25, 0.3) is 0 Å². The predicted octanol–water partition coefficient (Wildman–Crippen LogP) is 8.85. The fraction of sp³-hybridized carbons (Fsp3) is 1.00. The highest BCUT2D eigenvalue weighted by Crippen LogP contribution is 2.53. The van der Waals surface area contributed by atoms with Gasteiger partial charge < -0.3 is 18.9 Å². The summed E-state index contributed by atoms with van der Waals surface area (Å²) in [6, 6.07) is 0. The van der Waals surface area contributed by atoms with Gasteiger partial charge >= 0.3 is 0 Å². The lowest BCUT2D eigenvalue weighted by Gasteiger charge is -2.49. The van der Waals surface area contributed by atoms with Crippen LogP contribution in [0.15, 0.2) is 0 Å². The lowest BCUT2D eigenvalue weighted by molar-refractivity contribution is -0.0429. The van der Waals surface area contributed by atoms with Gasteiger partial charge in [-0.05, 0) is 150 Å². The fourth-order valence-corrected chi connectivity index (χ4v) is 11.2. The summed E-state index contributed by atoms with van der Waals surface area (Å²) in [7, 11) is 7.81. The van der Waals surface area contributed by atoms with Crippen molar-refractivity contribution in [2.24, 2.45) is 47.3 Å². The molecule has 0 saturated heterocycles. The van der Waals surface area contributed by atoms with Crippen molar-refractivity contribution in [1.82, 2.24) is 0 Å². The van der Waals surface area contributed by atoms with Gasteiger partial charge in [-0.1, -0.05) is 25.7 Å². The molecule has 0 aliphatic heterocycles. The van der Waals surface area contributed by atoms with Crippen molar-refractivity contribution in [3.8, 4) is 0 Å². The summed E-state index contributed by atoms with van der Waals surface area (Å²) < 4.78 is 23.8. The van der Waals surface area contributed by atoms with Crippen LogP contribution in [-0.2, 0) is 18.9 Å². The van der Waals surface area contributed by atoms with Crippen molar-refractivity contribution < 1.29 is 18.9 Å². The third kappa shape index (κ3) is 7.67. The quantitative estimate of drug-likeness (QED) is 0.267. The number of methoxy groups -OCH3 is 4. The number of rotatable bonds is 10. The van der Waals surface area contributed by atoms with Crippen LogP contribution in [0, 0.1) is 47.3 Å². The van der Waals surface area contributed by atoms with E-state index in [2.05, 4.69) is 0 Å². The van der Waals surface area contributed by atoms with Crippen molar-refractivity contribution in [3.05, 3.63) is 0 Å². The Balaban J connectivity index is 1.30. The minimum Gasteiger partial charge on any atom is -0.381 e. The van der Waals surface area contributed by atoms with Crippen LogP contribution >= 0.6 is 0 Å². The average molecular weight is 561 g/mol. The molecule has 4 nitrogen and oxygen atoms in total. The van der Waals surface area contributed by atoms with Gasteiger partial charge in [-0.25, -0.2) is 0 Å². The van der Waals surface area contributed by atoms with Crippen LogP contribution in [0.5, 0.6) is 0 Å². The SMILES string of the molecule is COC1CCCC(C(C2CCC(C(C3CCCC(OC)C3)C3CCCC(OC)C3)CC2)C2CCCC(OC)C2)C1. The molecule has 40 heavy (non-hydrogen) atoms. The normalized spacial score (nSPS) is 43.2. The Morgan fingerprint density at radius 1 is 0.325 bits per heavy atom. The summed E-state index contributed by atoms with van der Waals surface area (Å²) in [6.45, 7) is 0. The van der Waals surface area contributed by atoms with Crippen LogP contribution < -0.4 is 0 Å². The summed E-state index contributed by atoms with van der Waals surface area (Å²) in [4.78, 5) is 0. The minimum absolute atomic E-state index is 0.490. The molecule has 232 valence electrons. The molecular weight excluding hydrogens is 496 g/mol. The van der Waals surface area contributed by atoms with Crippen molar-refractivity contribution in [2.75, 3.05) is 28.4 Å². The Kier molecular flexibility index (Phi) is 12.1. The Labute approximate surface area is 247 Å². The van der Waals surface area contributed by atoms with E-state index in [-0.39, 0.29) is 0 Å². The van der Waals surface area contributed by atoms with Crippen molar-refractivity contribution >= 4 is 0 Å². The van der Waals surface area contributed by atoms with E-state index in [4.69, 9.17) is 18.9 Å². The highest BCUT2D eigenvalue weighted by atomic mass is 16.5. The van der Waals surface area contributed by atoms with E-state index in [9.17, 15) is 0 Å². The first kappa shape index (κ1) is 31.3. The molecule has 0 amide bonds. The number of hydrogen-bond donors (Lipinski definition) is 0. The molecule has 0 heterocycles. The maximum atomic E-state index is 5.96. The lowest BCUT2D eigenvalue weighted by Crippen LogP contribution is -2.42. The first-order valence-corrected chi connectivity index (χ1v) is 17.7. The highest BCUT2D eigenvalue weighted by molar-refractivity contribution is 4.95. The topological polar surface area (TPSA) is 36.9 Å². The van der Waals surface area contributed by atoms with Crippen LogP contribution in [0.1, 0.15) is 128 Å². The van der Waals surface area contributed by atoms with Crippen molar-refractivity contribution in [3.63, 3.8) is 0 Å². The second kappa shape index (κ2) is 15.5. The van der Waals surface area contributed by atoms with Gasteiger partial charge in [0.15, 0.2) is 0 Å². The molecule has 8 atom stereocenters. The van der Waals surface area contributed by atoms with Gasteiger partial charge in [-0.15, -0.1) is 0 Å². The summed E-state index contributed by atoms with van der Waals surface area (Å²) in [6.07, 6.45) is 29.3. The third-order valence-corrected chi connectivity index (χ3v) is 13.1. The molecule has 4 heteroatoms. The van der Waals surface area contributed by atoms with E-state index in [0.29, 0.717) is 24.4 Å². The molecule has 5 rings (SSSR count). The minimum atomic E-state index is 0.490. The van der Waals surface area contributed by atoms with Gasteiger partial charge in [0.1, 0.15) is 0 Å². The number of hydrogen-bond acceptors (Lipinski definition) is 4. The maximum Gasteiger partial charge on any atom is 0.0574 e. The van der Waals surface area contributed by atoms with E-state index in [1.807, 2.05) is 28.4 Å². The molecule has 0 aromatic rings. The zero-order valence-electron chi connectivity index (χ0n) is 26.7. The molecule has 8 unspecified atom stereocenters. The molecule has 5 aliphatic rings. The average Bonchev–Trinajstić information content (AvgIpc) is 3.02. The zero-order valence-corrected chi connectivity index (χ0v) is 26.7. The smallest absolute Gasteiger partial charge is 0.0574 e. The molecule has 5 aliphatic carbocycles. The molecule has 0 bridgehead atoms. The zero-order chi connectivity index (χ0) is 27.9. The molecular formula is C36H64O4. The number of ether oxygens (including phenoxy) is 4. The standard InChI is InChI=1S/C36H64O4/c1-37-31-13-5-9-27(21-31)35(28-10-6-14-32(22-28)38-2)25-17-19-26(20-18-25)36(29-11-7-15-33(23-29)39-3)30-12-8-16-34(24-30)40-4/h25-36H,5-24H2,1-4H3. The second-order valence-electron chi connectivity index (χ2n) is 15.0. The summed E-state index contributed by atoms with van der Waals surface area (Å²) >= 11 is 0. The molecule has 0 spiro atoms. The van der Waals surface area contributed by atoms with Gasteiger partial charge in [0.2, 0.25) is 0 Å². The largest absolute Gasteiger partial charge is 0.381 e. The summed E-state index contributed by atoms with van der Waals surface area (Å²) in [5.74, 6) is 7.03. The van der Waals surface area contributed by atoms with E-state index >= 15 is 0 Å². The second-order valence-corrected chi connectivity index (χ2v) is 15.0. The Morgan fingerprint density at radius 3 is 0.800 bits per heavy atom. The van der Waals surface area contributed by atoms with Gasteiger partial charge in [0.25, 0.3) is 0 Å². The van der Waals surface area contributed by atoms with E-state index in [1.165, 1.54) is 128 Å². The summed E-state index contributed by atoms with van der Waals surface area (Å²) in [5.41, 5.74) is 0. The van der Waals surface area contributed by atoms with Gasteiger partial charge in [0.05, 0.1) is 24.4 Å². The summed E-state index contributed by atoms with van der Waals surface area (Å²) in [5, 5.41) is 0. The van der Waals surface area contributed by atoms with E-state index < -0.39 is 0 Å². The van der Waals surface area contributed by atoms with E-state index in [0.717, 1.165) is 47.3 Å². The van der Waals surface area contributed by atoms with Gasteiger partial charge in [-0.2, -0.15) is 0 Å². The lowest BCUT2D eigenvalue weighted by atomic mass is 9.57. The molecule has 5 fully saturated rings. The maximum absolute atomic E-state index is 5.96. The van der Waals surface area contributed by atoms with Crippen LogP contribution in [0.2, 0.25) is 0 Å². The van der Waals surface area contributed by atoms with Gasteiger partial charge in [-0.3, -0.25) is 0 Å². The Morgan fingerprint density at radius 2 is 0.575 bits per heavy atom. The van der Waals surface area contributed by atoms with Crippen LogP contribution in [-0.4, -0.2) is 52.9 Å². The first-order valence-electron chi connectivity index (χ1n) is 17.7. The highest BCUT2D eigenvalue weighted by Gasteiger charge is 2.45. The predicted molar refractivity (Wildman–Crippen MR) is 163 cm³/mol. The fourth-order valence-electron chi connectivity index (χ4n) is 11.2. The molecule has 0 radical (unpaired) electrons. The first-order chi connectivity index (χ1) is 19.6. The Hall–Kier alpha value is -0.160. The monoisotopic (exact) mass is 560 g/mol. The van der Waals surface area contributed by atoms with E-state index in [1.54, 1.807) is 0 Å². The van der Waals surface area contributed by atoms with Gasteiger partial charge in [0, 0.05) is 28.4 Å². The third-order valence-electron chi connectivity index (χ3n) is 13.1. The molecule has 0 aromatic heterocycles. The van der Waals surface area contributed by atoms with Crippen molar-refractivity contribution in [2.45, 2.75) is 153 Å². The van der Waals surface area contributed by atoms with Crippen molar-refractivity contribution in [1.29, 1.82) is 0 Å². The Bertz CT molecular complexity index is 612. The molecule has 0 aromatic carbocycles. The van der Waals surface area contributed by atoms with Crippen LogP contribution in [0.3, 0.4) is 0 Å². The molecule has 0 N–H and O–H groups in total.